The SMILES string of the molecule is COc1ccc(NC(=S)c2ccccc2)c(OC)c1. The van der Waals surface area contributed by atoms with E-state index in [2.05, 4.69) is 5.32 Å². The van der Waals surface area contributed by atoms with E-state index >= 15 is 0 Å². The van der Waals surface area contributed by atoms with E-state index in [-0.39, 0.29) is 0 Å². The quantitative estimate of drug-likeness (QED) is 0.864. The lowest BCUT2D eigenvalue weighted by Crippen LogP contribution is -2.11. The highest BCUT2D eigenvalue weighted by atomic mass is 32.1. The van der Waals surface area contributed by atoms with Gasteiger partial charge in [-0.3, -0.25) is 0 Å². The molecule has 0 aliphatic rings. The van der Waals surface area contributed by atoms with Crippen LogP contribution >= 0.6 is 12.2 Å². The lowest BCUT2D eigenvalue weighted by molar-refractivity contribution is 0.395. The summed E-state index contributed by atoms with van der Waals surface area (Å²) in [5, 5.41) is 3.18. The van der Waals surface area contributed by atoms with Crippen LogP contribution in [0.1, 0.15) is 5.56 Å². The van der Waals surface area contributed by atoms with Gasteiger partial charge < -0.3 is 14.8 Å². The lowest BCUT2D eigenvalue weighted by Gasteiger charge is -2.13. The summed E-state index contributed by atoms with van der Waals surface area (Å²) in [5.74, 6) is 1.44. The molecule has 2 aromatic carbocycles. The standard InChI is InChI=1S/C15H15NO2S/c1-17-12-8-9-13(14(10-12)18-2)16-15(19)11-6-4-3-5-7-11/h3-10H,1-2H3,(H,16,19). The van der Waals surface area contributed by atoms with E-state index in [0.717, 1.165) is 17.0 Å². The van der Waals surface area contributed by atoms with Gasteiger partial charge in [-0.15, -0.1) is 0 Å². The summed E-state index contributed by atoms with van der Waals surface area (Å²) in [4.78, 5) is 0.657. The maximum atomic E-state index is 5.37. The van der Waals surface area contributed by atoms with Crippen molar-refractivity contribution in [3.63, 3.8) is 0 Å². The van der Waals surface area contributed by atoms with E-state index in [1.54, 1.807) is 14.2 Å². The normalized spacial score (nSPS) is 9.79. The zero-order valence-corrected chi connectivity index (χ0v) is 11.7. The van der Waals surface area contributed by atoms with E-state index in [1.807, 2.05) is 48.5 Å². The Hall–Kier alpha value is -2.07. The molecule has 0 heterocycles. The lowest BCUT2D eigenvalue weighted by atomic mass is 10.2. The van der Waals surface area contributed by atoms with Gasteiger partial charge in [-0.1, -0.05) is 42.5 Å². The Morgan fingerprint density at radius 1 is 1.00 bits per heavy atom. The zero-order chi connectivity index (χ0) is 13.7. The van der Waals surface area contributed by atoms with Crippen molar-refractivity contribution in [3.05, 3.63) is 54.1 Å². The molecule has 2 rings (SSSR count). The third kappa shape index (κ3) is 3.23. The summed E-state index contributed by atoms with van der Waals surface area (Å²) in [5.41, 5.74) is 1.78. The highest BCUT2D eigenvalue weighted by Crippen LogP contribution is 2.29. The first-order chi connectivity index (χ1) is 9.24. The average molecular weight is 273 g/mol. The number of methoxy groups -OCH3 is 2. The second-order valence-electron chi connectivity index (χ2n) is 3.89. The Labute approximate surface area is 118 Å². The Bertz CT molecular complexity index is 570. The molecule has 2 aromatic rings. The summed E-state index contributed by atoms with van der Waals surface area (Å²) in [6, 6.07) is 15.3. The predicted molar refractivity (Wildman–Crippen MR) is 81.3 cm³/mol. The molecular weight excluding hydrogens is 258 g/mol. The van der Waals surface area contributed by atoms with Gasteiger partial charge in [-0.2, -0.15) is 0 Å². The van der Waals surface area contributed by atoms with Crippen LogP contribution in [0.4, 0.5) is 5.69 Å². The first-order valence-corrected chi connectivity index (χ1v) is 6.24. The van der Waals surface area contributed by atoms with Crippen molar-refractivity contribution in [1.29, 1.82) is 0 Å². The number of rotatable bonds is 4. The van der Waals surface area contributed by atoms with Crippen molar-refractivity contribution in [2.75, 3.05) is 19.5 Å². The molecule has 98 valence electrons. The molecule has 0 radical (unpaired) electrons. The zero-order valence-electron chi connectivity index (χ0n) is 10.8. The van der Waals surface area contributed by atoms with Crippen molar-refractivity contribution in [3.8, 4) is 11.5 Å². The number of hydrogen-bond acceptors (Lipinski definition) is 3. The fourth-order valence-electron chi connectivity index (χ4n) is 1.69. The third-order valence-corrected chi connectivity index (χ3v) is 3.03. The van der Waals surface area contributed by atoms with Crippen molar-refractivity contribution in [1.82, 2.24) is 0 Å². The fraction of sp³-hybridized carbons (Fsp3) is 0.133. The number of thiocarbonyl (C=S) groups is 1. The van der Waals surface area contributed by atoms with Crippen LogP contribution in [-0.4, -0.2) is 19.2 Å². The van der Waals surface area contributed by atoms with Crippen molar-refractivity contribution >= 4 is 22.9 Å². The van der Waals surface area contributed by atoms with E-state index in [1.165, 1.54) is 0 Å². The molecule has 0 aromatic heterocycles. The number of hydrogen-bond donors (Lipinski definition) is 1. The summed E-state index contributed by atoms with van der Waals surface area (Å²) in [7, 11) is 3.24. The number of anilines is 1. The Morgan fingerprint density at radius 3 is 2.37 bits per heavy atom. The van der Waals surface area contributed by atoms with Crippen LogP contribution in [0.15, 0.2) is 48.5 Å². The minimum atomic E-state index is 0.657. The molecular formula is C15H15NO2S. The first-order valence-electron chi connectivity index (χ1n) is 5.83. The third-order valence-electron chi connectivity index (χ3n) is 2.69. The topological polar surface area (TPSA) is 30.5 Å². The van der Waals surface area contributed by atoms with Crippen LogP contribution in [-0.2, 0) is 0 Å². The van der Waals surface area contributed by atoms with Gasteiger partial charge in [0.15, 0.2) is 0 Å². The Kier molecular flexibility index (Phi) is 4.36. The minimum Gasteiger partial charge on any atom is -0.497 e. The second kappa shape index (κ2) is 6.20. The highest BCUT2D eigenvalue weighted by Gasteiger charge is 2.07. The highest BCUT2D eigenvalue weighted by molar-refractivity contribution is 7.81. The van der Waals surface area contributed by atoms with Crippen LogP contribution in [0.5, 0.6) is 11.5 Å². The fourth-order valence-corrected chi connectivity index (χ4v) is 1.93. The van der Waals surface area contributed by atoms with Crippen LogP contribution in [0.25, 0.3) is 0 Å². The molecule has 3 nitrogen and oxygen atoms in total. The Morgan fingerprint density at radius 2 is 1.74 bits per heavy atom. The van der Waals surface area contributed by atoms with Crippen LogP contribution in [0.2, 0.25) is 0 Å². The van der Waals surface area contributed by atoms with Gasteiger partial charge in [0.2, 0.25) is 0 Å². The van der Waals surface area contributed by atoms with Crippen molar-refractivity contribution in [2.24, 2.45) is 0 Å². The number of ether oxygens (including phenoxy) is 2. The molecule has 4 heteroatoms. The van der Waals surface area contributed by atoms with E-state index in [4.69, 9.17) is 21.7 Å². The monoisotopic (exact) mass is 273 g/mol. The maximum absolute atomic E-state index is 5.37. The average Bonchev–Trinajstić information content (AvgIpc) is 2.48. The van der Waals surface area contributed by atoms with Crippen LogP contribution in [0.3, 0.4) is 0 Å². The molecule has 19 heavy (non-hydrogen) atoms. The molecule has 0 atom stereocenters. The Balaban J connectivity index is 2.21. The van der Waals surface area contributed by atoms with E-state index < -0.39 is 0 Å². The van der Waals surface area contributed by atoms with Gasteiger partial charge in [0.05, 0.1) is 19.9 Å². The molecule has 0 bridgehead atoms. The van der Waals surface area contributed by atoms with Gasteiger partial charge in [-0.25, -0.2) is 0 Å². The van der Waals surface area contributed by atoms with Gasteiger partial charge in [0.1, 0.15) is 16.5 Å². The molecule has 1 N–H and O–H groups in total. The van der Waals surface area contributed by atoms with Gasteiger partial charge in [0.25, 0.3) is 0 Å². The molecule has 0 aliphatic carbocycles. The molecule has 0 saturated heterocycles. The van der Waals surface area contributed by atoms with E-state index in [9.17, 15) is 0 Å². The van der Waals surface area contributed by atoms with Crippen molar-refractivity contribution in [2.45, 2.75) is 0 Å². The first kappa shape index (κ1) is 13.4. The maximum Gasteiger partial charge on any atom is 0.146 e. The summed E-state index contributed by atoms with van der Waals surface area (Å²) >= 11 is 5.37. The molecule has 0 aliphatic heterocycles. The summed E-state index contributed by atoms with van der Waals surface area (Å²) in [6.07, 6.45) is 0. The number of nitrogens with one attached hydrogen (secondary N) is 1. The van der Waals surface area contributed by atoms with Crippen LogP contribution in [0, 0.1) is 0 Å². The molecule has 0 unspecified atom stereocenters. The van der Waals surface area contributed by atoms with E-state index in [0.29, 0.717) is 10.7 Å². The molecule has 0 amide bonds. The largest absolute Gasteiger partial charge is 0.497 e. The summed E-state index contributed by atoms with van der Waals surface area (Å²) < 4.78 is 10.5. The van der Waals surface area contributed by atoms with Crippen LogP contribution < -0.4 is 14.8 Å². The number of benzene rings is 2. The smallest absolute Gasteiger partial charge is 0.146 e. The summed E-state index contributed by atoms with van der Waals surface area (Å²) in [6.45, 7) is 0. The van der Waals surface area contributed by atoms with Crippen molar-refractivity contribution < 1.29 is 9.47 Å². The second-order valence-corrected chi connectivity index (χ2v) is 4.29. The van der Waals surface area contributed by atoms with Gasteiger partial charge in [-0.05, 0) is 12.1 Å². The van der Waals surface area contributed by atoms with Gasteiger partial charge in [0, 0.05) is 11.6 Å². The van der Waals surface area contributed by atoms with Gasteiger partial charge >= 0.3 is 0 Å². The molecule has 0 saturated carbocycles. The molecule has 0 spiro atoms. The minimum absolute atomic E-state index is 0.657. The molecule has 0 fully saturated rings. The predicted octanol–water partition coefficient (Wildman–Crippen LogP) is 3.49.